The number of anilines is 1. The van der Waals surface area contributed by atoms with Crippen molar-refractivity contribution in [2.24, 2.45) is 11.7 Å². The molecule has 3 saturated heterocycles. The molecule has 0 bridgehead atoms. The maximum Gasteiger partial charge on any atom is 0.262 e. The minimum absolute atomic E-state index is 0.131. The molecule has 11 rings (SSSR count). The van der Waals surface area contributed by atoms with Crippen LogP contribution in [0.3, 0.4) is 0 Å². The molecule has 3 atom stereocenters. The number of rotatable bonds is 12. The molecule has 72 heavy (non-hydrogen) atoms. The molecule has 16 nitrogen and oxygen atoms in total. The first-order valence-corrected chi connectivity index (χ1v) is 25.9. The van der Waals surface area contributed by atoms with Gasteiger partial charge < -0.3 is 36.4 Å². The predicted molar refractivity (Wildman–Crippen MR) is 270 cm³/mol. The Kier molecular flexibility index (Phi) is 13.4. The number of carbonyl (C=O) groups is 5. The summed E-state index contributed by atoms with van der Waals surface area (Å²) in [5.41, 5.74) is 11.1. The summed E-state index contributed by atoms with van der Waals surface area (Å²) in [6.45, 7) is 4.99. The van der Waals surface area contributed by atoms with Crippen molar-refractivity contribution in [2.75, 3.05) is 38.0 Å². The first kappa shape index (κ1) is 47.4. The monoisotopic (exact) mass is 973 g/mol. The SMILES string of the molecule is NC(=O)c1c(-c2ccc(Oc3ccccc3)cc2)nn2c1NCC[C@H]2C1CCC(NC2CCN(Cc3ccc(C4CCN(C(=O)c5ccc6c(c5)C(=O)N(C5CCC(O)NC5=O)C6=O)CC4)cc3)CC2)CC1. The zero-order chi connectivity index (χ0) is 49.5. The number of primary amides is 1. The fourth-order valence-corrected chi connectivity index (χ4v) is 12.2. The standard InChI is InChI=1S/C56H63N9O7/c57-51(67)49-50(38-12-17-43(18-13-38)72-42-4-2-1-3-5-42)61-65-46(22-27-58-52(49)65)37-10-15-40(16-11-37)59-41-25-28-62(29-26-41)33-34-6-8-35(9-7-34)36-23-30-63(31-24-36)54(69)39-14-19-44-45(32-39)56(71)64(55(44)70)47-20-21-48(66)60-53(47)68/h1-9,12-14,17-19,32,36-37,40-41,46-48,58-59,66H,10-11,15-16,20-31,33H2,(H2,57,67)(H,60,68)/t37?,40?,46-,47?,48?/m0/s1. The van der Waals surface area contributed by atoms with Crippen LogP contribution in [0.1, 0.15) is 135 Å². The number of aliphatic hydroxyl groups excluding tert-OH is 1. The van der Waals surface area contributed by atoms with Gasteiger partial charge in [-0.3, -0.25) is 33.8 Å². The second kappa shape index (κ2) is 20.3. The van der Waals surface area contributed by atoms with E-state index in [0.717, 1.165) is 106 Å². The van der Waals surface area contributed by atoms with E-state index in [9.17, 15) is 29.1 Å². The van der Waals surface area contributed by atoms with Crippen LogP contribution in [0.5, 0.6) is 11.5 Å². The van der Waals surface area contributed by atoms with Gasteiger partial charge in [-0.2, -0.15) is 5.10 Å². The lowest BCUT2D eigenvalue weighted by atomic mass is 9.79. The van der Waals surface area contributed by atoms with Crippen molar-refractivity contribution in [1.82, 2.24) is 35.1 Å². The number of amides is 5. The molecule has 1 aliphatic carbocycles. The van der Waals surface area contributed by atoms with Gasteiger partial charge in [-0.1, -0.05) is 42.5 Å². The van der Waals surface area contributed by atoms with E-state index in [0.29, 0.717) is 59.6 Å². The van der Waals surface area contributed by atoms with E-state index in [1.54, 1.807) is 6.07 Å². The summed E-state index contributed by atoms with van der Waals surface area (Å²) in [6, 6.07) is 31.2. The zero-order valence-electron chi connectivity index (χ0n) is 40.5. The predicted octanol–water partition coefficient (Wildman–Crippen LogP) is 6.82. The first-order valence-electron chi connectivity index (χ1n) is 25.9. The van der Waals surface area contributed by atoms with Crippen LogP contribution in [-0.2, 0) is 11.3 Å². The number of ether oxygens (including phenoxy) is 1. The van der Waals surface area contributed by atoms with Crippen molar-refractivity contribution in [1.29, 1.82) is 0 Å². The maximum absolute atomic E-state index is 13.7. The number of piperidine rings is 3. The Morgan fingerprint density at radius 2 is 1.43 bits per heavy atom. The summed E-state index contributed by atoms with van der Waals surface area (Å²) in [5.74, 6) is 0.639. The summed E-state index contributed by atoms with van der Waals surface area (Å²) in [4.78, 5) is 71.0. The van der Waals surface area contributed by atoms with E-state index in [-0.39, 0.29) is 35.9 Å². The number of hydrogen-bond donors (Lipinski definition) is 5. The molecule has 4 fully saturated rings. The second-order valence-electron chi connectivity index (χ2n) is 20.6. The molecule has 6 heterocycles. The summed E-state index contributed by atoms with van der Waals surface area (Å²) < 4.78 is 8.06. The zero-order valence-corrected chi connectivity index (χ0v) is 40.5. The largest absolute Gasteiger partial charge is 0.457 e. The Hall–Kier alpha value is -6.88. The van der Waals surface area contributed by atoms with Gasteiger partial charge in [0.05, 0.1) is 17.2 Å². The number of nitrogens with two attached hydrogens (primary N) is 1. The molecule has 5 aliphatic heterocycles. The highest BCUT2D eigenvalue weighted by atomic mass is 16.5. The van der Waals surface area contributed by atoms with Crippen molar-refractivity contribution >= 4 is 35.4 Å². The molecular weight excluding hydrogens is 911 g/mol. The van der Waals surface area contributed by atoms with E-state index in [1.165, 1.54) is 23.3 Å². The van der Waals surface area contributed by atoms with Crippen LogP contribution in [0.25, 0.3) is 11.3 Å². The molecular formula is C56H63N9O7. The lowest BCUT2D eigenvalue weighted by Crippen LogP contribution is -2.55. The minimum Gasteiger partial charge on any atom is -0.457 e. The Balaban J connectivity index is 0.621. The van der Waals surface area contributed by atoms with Crippen molar-refractivity contribution in [3.8, 4) is 22.8 Å². The third-order valence-electron chi connectivity index (χ3n) is 16.1. The number of aromatic nitrogens is 2. The van der Waals surface area contributed by atoms with Gasteiger partial charge in [0.2, 0.25) is 5.91 Å². The van der Waals surface area contributed by atoms with E-state index in [1.807, 2.05) is 59.5 Å². The molecule has 5 amide bonds. The normalized spacial score (nSPS) is 24.1. The minimum atomic E-state index is -0.998. The quantitative estimate of drug-likeness (QED) is 0.0821. The Bertz CT molecular complexity index is 2830. The van der Waals surface area contributed by atoms with Gasteiger partial charge in [0.15, 0.2) is 0 Å². The van der Waals surface area contributed by atoms with Gasteiger partial charge in [0, 0.05) is 49.4 Å². The van der Waals surface area contributed by atoms with Gasteiger partial charge in [0.25, 0.3) is 23.6 Å². The average molecular weight is 974 g/mol. The topological polar surface area (TPSA) is 204 Å². The fraction of sp³-hybridized carbons (Fsp3) is 0.429. The lowest BCUT2D eigenvalue weighted by Gasteiger charge is -2.39. The molecule has 16 heteroatoms. The summed E-state index contributed by atoms with van der Waals surface area (Å²) in [6.07, 6.45) is 8.76. The van der Waals surface area contributed by atoms with Crippen molar-refractivity contribution in [2.45, 2.75) is 113 Å². The van der Waals surface area contributed by atoms with Crippen LogP contribution in [0.2, 0.25) is 0 Å². The van der Waals surface area contributed by atoms with Crippen LogP contribution in [-0.4, -0.2) is 116 Å². The highest BCUT2D eigenvalue weighted by molar-refractivity contribution is 6.23. The molecule has 1 saturated carbocycles. The van der Waals surface area contributed by atoms with E-state index < -0.39 is 35.9 Å². The number of nitrogens with zero attached hydrogens (tertiary/aromatic N) is 5. The Morgan fingerprint density at radius 3 is 2.14 bits per heavy atom. The molecule has 0 radical (unpaired) electrons. The van der Waals surface area contributed by atoms with E-state index >= 15 is 0 Å². The molecule has 374 valence electrons. The fourth-order valence-electron chi connectivity index (χ4n) is 12.2. The number of likely N-dealkylation sites (tertiary alicyclic amines) is 2. The van der Waals surface area contributed by atoms with Gasteiger partial charge >= 0.3 is 0 Å². The highest BCUT2D eigenvalue weighted by Crippen LogP contribution is 2.42. The van der Waals surface area contributed by atoms with Crippen LogP contribution in [0.15, 0.2) is 97.1 Å². The first-order chi connectivity index (χ1) is 35.0. The number of fused-ring (bicyclic) bond motifs is 2. The number of benzene rings is 4. The van der Waals surface area contributed by atoms with Crippen LogP contribution in [0.4, 0.5) is 5.82 Å². The van der Waals surface area contributed by atoms with Gasteiger partial charge in [-0.05, 0) is 161 Å². The Morgan fingerprint density at radius 1 is 0.736 bits per heavy atom. The molecule has 0 spiro atoms. The van der Waals surface area contributed by atoms with Crippen molar-refractivity contribution < 1.29 is 33.8 Å². The smallest absolute Gasteiger partial charge is 0.262 e. The van der Waals surface area contributed by atoms with Gasteiger partial charge in [-0.15, -0.1) is 0 Å². The van der Waals surface area contributed by atoms with Crippen molar-refractivity contribution in [3.63, 3.8) is 0 Å². The summed E-state index contributed by atoms with van der Waals surface area (Å²) in [5, 5.41) is 24.8. The Labute approximate surface area is 419 Å². The lowest BCUT2D eigenvalue weighted by molar-refractivity contribution is -0.131. The molecule has 6 N–H and O–H groups in total. The van der Waals surface area contributed by atoms with Crippen LogP contribution in [0, 0.1) is 5.92 Å². The number of hydrogen-bond acceptors (Lipinski definition) is 11. The number of para-hydroxylation sites is 1. The number of nitrogens with one attached hydrogen (secondary N) is 3. The number of imide groups is 1. The van der Waals surface area contributed by atoms with Crippen LogP contribution < -0.4 is 26.4 Å². The second-order valence-corrected chi connectivity index (χ2v) is 20.6. The van der Waals surface area contributed by atoms with Crippen molar-refractivity contribution in [3.05, 3.63) is 130 Å². The summed E-state index contributed by atoms with van der Waals surface area (Å²) >= 11 is 0. The highest BCUT2D eigenvalue weighted by Gasteiger charge is 2.45. The van der Waals surface area contributed by atoms with Gasteiger partial charge in [-0.25, -0.2) is 4.68 Å². The van der Waals surface area contributed by atoms with Gasteiger partial charge in [0.1, 0.15) is 40.8 Å². The molecule has 2 unspecified atom stereocenters. The molecule has 1 aromatic heterocycles. The molecule has 4 aromatic carbocycles. The maximum atomic E-state index is 13.7. The third-order valence-corrected chi connectivity index (χ3v) is 16.1. The third kappa shape index (κ3) is 9.62. The average Bonchev–Trinajstić information content (AvgIpc) is 3.92. The number of carbonyl (C=O) groups excluding carboxylic acids is 5. The number of aliphatic hydroxyl groups is 1. The van der Waals surface area contributed by atoms with E-state index in [4.69, 9.17) is 15.6 Å². The van der Waals surface area contributed by atoms with E-state index in [2.05, 4.69) is 49.8 Å². The molecule has 5 aromatic rings. The van der Waals surface area contributed by atoms with Crippen LogP contribution >= 0.6 is 0 Å². The summed E-state index contributed by atoms with van der Waals surface area (Å²) in [7, 11) is 0. The molecule has 6 aliphatic rings.